The summed E-state index contributed by atoms with van der Waals surface area (Å²) in [6, 6.07) is 0.786. The van der Waals surface area contributed by atoms with Crippen LogP contribution in [0, 0.1) is 30.1 Å². The Labute approximate surface area is 155 Å². The molecule has 1 aliphatic carbocycles. The van der Waals surface area contributed by atoms with Crippen LogP contribution >= 0.6 is 0 Å². The van der Waals surface area contributed by atoms with Crippen LogP contribution in [0.1, 0.15) is 78.1 Å². The van der Waals surface area contributed by atoms with Gasteiger partial charge in [-0.25, -0.2) is 0 Å². The second-order valence-electron chi connectivity index (χ2n) is 7.59. The predicted molar refractivity (Wildman–Crippen MR) is 105 cm³/mol. The molecule has 0 bridgehead atoms. The first-order valence-corrected chi connectivity index (χ1v) is 10.3. The molecule has 3 heteroatoms. The second-order valence-corrected chi connectivity index (χ2v) is 7.59. The molecule has 25 heavy (non-hydrogen) atoms. The topological polar surface area (TPSA) is 33.3 Å². The molecule has 140 valence electrons. The quantitative estimate of drug-likeness (QED) is 0.763. The Morgan fingerprint density at radius 3 is 2.32 bits per heavy atom. The van der Waals surface area contributed by atoms with Gasteiger partial charge in [-0.1, -0.05) is 69.6 Å². The van der Waals surface area contributed by atoms with Crippen LogP contribution < -0.4 is 10.6 Å². The second kappa shape index (κ2) is 11.6. The minimum atomic E-state index is -0.422. The molecule has 4 atom stereocenters. The molecular weight excluding hydrogens is 308 g/mol. The number of hydrogen-bond donors (Lipinski definition) is 2. The van der Waals surface area contributed by atoms with Gasteiger partial charge in [-0.05, 0) is 25.7 Å². The van der Waals surface area contributed by atoms with Crippen molar-refractivity contribution in [3.63, 3.8) is 0 Å². The molecule has 2 unspecified atom stereocenters. The van der Waals surface area contributed by atoms with Crippen molar-refractivity contribution in [1.82, 2.24) is 10.6 Å². The van der Waals surface area contributed by atoms with E-state index in [1.54, 1.807) is 0 Å². The van der Waals surface area contributed by atoms with Crippen LogP contribution in [-0.4, -0.2) is 31.0 Å². The Bertz CT molecular complexity index is 463. The maximum absolute atomic E-state index is 6.20. The van der Waals surface area contributed by atoms with Gasteiger partial charge in [0.05, 0.1) is 0 Å². The molecule has 3 nitrogen and oxygen atoms in total. The molecule has 2 N–H and O–H groups in total. The Kier molecular flexibility index (Phi) is 9.41. The van der Waals surface area contributed by atoms with Crippen molar-refractivity contribution < 1.29 is 4.74 Å². The standard InChI is InChI=1S/C22H36N2O/c1-4-6-16-20(5-2)25-22-21(24-18(3)17-23-22)19-14-12-10-8-7-9-11-13-15-19/h2,18-24H,4,7-15,17H2,1,3H3/t18-,20-,21?,22?/m1/s1. The molecule has 2 fully saturated rings. The van der Waals surface area contributed by atoms with E-state index in [1.807, 2.05) is 6.92 Å². The summed E-state index contributed by atoms with van der Waals surface area (Å²) < 4.78 is 6.20. The van der Waals surface area contributed by atoms with Gasteiger partial charge in [0.2, 0.25) is 0 Å². The molecule has 2 aliphatic rings. The van der Waals surface area contributed by atoms with Crippen LogP contribution in [0.25, 0.3) is 0 Å². The zero-order valence-corrected chi connectivity index (χ0v) is 16.2. The van der Waals surface area contributed by atoms with Gasteiger partial charge in [0, 0.05) is 25.0 Å². The highest BCUT2D eigenvalue weighted by atomic mass is 16.5. The molecule has 0 aromatic carbocycles. The van der Waals surface area contributed by atoms with Crippen molar-refractivity contribution in [2.45, 2.75) is 102 Å². The summed E-state index contributed by atoms with van der Waals surface area (Å²) in [5.41, 5.74) is 0. The third kappa shape index (κ3) is 7.02. The van der Waals surface area contributed by atoms with Gasteiger partial charge < -0.3 is 10.1 Å². The third-order valence-corrected chi connectivity index (χ3v) is 5.43. The van der Waals surface area contributed by atoms with Gasteiger partial charge in [0.25, 0.3) is 0 Å². The lowest BCUT2D eigenvalue weighted by Gasteiger charge is -2.42. The van der Waals surface area contributed by atoms with E-state index in [0.717, 1.165) is 13.0 Å². The molecule has 2 rings (SSSR count). The number of ether oxygens (including phenoxy) is 1. The third-order valence-electron chi connectivity index (χ3n) is 5.43. The monoisotopic (exact) mass is 344 g/mol. The molecule has 0 amide bonds. The smallest absolute Gasteiger partial charge is 0.181 e. The van der Waals surface area contributed by atoms with Crippen molar-refractivity contribution in [3.8, 4) is 24.2 Å². The molecule has 1 heterocycles. The van der Waals surface area contributed by atoms with Crippen LogP contribution in [0.4, 0.5) is 0 Å². The van der Waals surface area contributed by atoms with Gasteiger partial charge in [0.15, 0.2) is 6.10 Å². The maximum atomic E-state index is 6.20. The summed E-state index contributed by atoms with van der Waals surface area (Å²) >= 11 is 0. The first-order valence-electron chi connectivity index (χ1n) is 10.3. The van der Waals surface area contributed by atoms with E-state index in [-0.39, 0.29) is 6.23 Å². The lowest BCUT2D eigenvalue weighted by atomic mass is 9.84. The van der Waals surface area contributed by atoms with E-state index < -0.39 is 6.10 Å². The molecule has 0 spiro atoms. The summed E-state index contributed by atoms with van der Waals surface area (Å²) in [5, 5.41) is 7.38. The van der Waals surface area contributed by atoms with E-state index in [1.165, 1.54) is 57.8 Å². The van der Waals surface area contributed by atoms with Gasteiger partial charge in [0.1, 0.15) is 6.23 Å². The SMILES string of the molecule is C#C[C@H](C#CCC)OC1NC[C@@H](C)NC1C1CCCCCCCCC1. The molecule has 1 aliphatic heterocycles. The fraction of sp³-hybridized carbons (Fsp3) is 0.818. The lowest BCUT2D eigenvalue weighted by Crippen LogP contribution is -2.63. The fourth-order valence-corrected chi connectivity index (χ4v) is 4.07. The van der Waals surface area contributed by atoms with E-state index >= 15 is 0 Å². The molecule has 1 saturated carbocycles. The van der Waals surface area contributed by atoms with Crippen LogP contribution in [0.15, 0.2) is 0 Å². The summed E-state index contributed by atoms with van der Waals surface area (Å²) in [6.45, 7) is 5.18. The zero-order valence-electron chi connectivity index (χ0n) is 16.2. The largest absolute Gasteiger partial charge is 0.334 e. The first-order chi connectivity index (χ1) is 12.2. The Hall–Kier alpha value is -1.00. The predicted octanol–water partition coefficient (Wildman–Crippen LogP) is 3.83. The zero-order chi connectivity index (χ0) is 17.9. The molecule has 0 radical (unpaired) electrons. The molecule has 0 aromatic heterocycles. The molecule has 0 aromatic rings. The van der Waals surface area contributed by atoms with E-state index in [2.05, 4.69) is 35.3 Å². The van der Waals surface area contributed by atoms with E-state index in [9.17, 15) is 0 Å². The highest BCUT2D eigenvalue weighted by molar-refractivity contribution is 5.17. The van der Waals surface area contributed by atoms with Crippen LogP contribution in [0.3, 0.4) is 0 Å². The number of hydrogen-bond acceptors (Lipinski definition) is 3. The normalized spacial score (nSPS) is 30.5. The van der Waals surface area contributed by atoms with Crippen LogP contribution in [0.2, 0.25) is 0 Å². The minimum Gasteiger partial charge on any atom is -0.334 e. The van der Waals surface area contributed by atoms with Gasteiger partial charge in [-0.15, -0.1) is 6.42 Å². The highest BCUT2D eigenvalue weighted by Crippen LogP contribution is 2.27. The number of piperazine rings is 1. The van der Waals surface area contributed by atoms with Gasteiger partial charge >= 0.3 is 0 Å². The van der Waals surface area contributed by atoms with Crippen molar-refractivity contribution in [2.75, 3.05) is 6.54 Å². The van der Waals surface area contributed by atoms with Crippen molar-refractivity contribution in [1.29, 1.82) is 0 Å². The number of rotatable bonds is 3. The maximum Gasteiger partial charge on any atom is 0.181 e. The Morgan fingerprint density at radius 2 is 1.72 bits per heavy atom. The van der Waals surface area contributed by atoms with E-state index in [0.29, 0.717) is 18.0 Å². The van der Waals surface area contributed by atoms with Crippen molar-refractivity contribution in [3.05, 3.63) is 0 Å². The number of terminal acetylenes is 1. The lowest BCUT2D eigenvalue weighted by molar-refractivity contribution is -0.0391. The van der Waals surface area contributed by atoms with Crippen molar-refractivity contribution in [2.24, 2.45) is 5.92 Å². The van der Waals surface area contributed by atoms with Crippen LogP contribution in [-0.2, 0) is 4.74 Å². The Morgan fingerprint density at radius 1 is 1.08 bits per heavy atom. The summed E-state index contributed by atoms with van der Waals surface area (Å²) in [6.07, 6.45) is 18.1. The average Bonchev–Trinajstić information content (AvgIpc) is 2.64. The summed E-state index contributed by atoms with van der Waals surface area (Å²) in [7, 11) is 0. The van der Waals surface area contributed by atoms with Crippen LogP contribution in [0.5, 0.6) is 0 Å². The summed E-state index contributed by atoms with van der Waals surface area (Å²) in [5.74, 6) is 9.47. The van der Waals surface area contributed by atoms with Crippen molar-refractivity contribution >= 4 is 0 Å². The fourth-order valence-electron chi connectivity index (χ4n) is 4.07. The number of nitrogens with one attached hydrogen (secondary N) is 2. The molecular formula is C22H36N2O. The van der Waals surface area contributed by atoms with Gasteiger partial charge in [-0.2, -0.15) is 0 Å². The van der Waals surface area contributed by atoms with Gasteiger partial charge in [-0.3, -0.25) is 5.32 Å². The average molecular weight is 345 g/mol. The van der Waals surface area contributed by atoms with E-state index in [4.69, 9.17) is 11.2 Å². The Balaban J connectivity index is 2.04. The molecule has 1 saturated heterocycles. The first kappa shape index (κ1) is 20.3. The minimum absolute atomic E-state index is 0.0450. The highest BCUT2D eigenvalue weighted by Gasteiger charge is 2.35. The summed E-state index contributed by atoms with van der Waals surface area (Å²) in [4.78, 5) is 0.